The van der Waals surface area contributed by atoms with Crippen LogP contribution in [-0.2, 0) is 11.2 Å². The smallest absolute Gasteiger partial charge is 0.319 e. The van der Waals surface area contributed by atoms with E-state index in [1.54, 1.807) is 24.1 Å². The molecule has 3 amide bonds. The van der Waals surface area contributed by atoms with E-state index in [4.69, 9.17) is 0 Å². The Balaban J connectivity index is 1.49. The van der Waals surface area contributed by atoms with Crippen LogP contribution < -0.4 is 10.6 Å². The molecule has 0 radical (unpaired) electrons. The van der Waals surface area contributed by atoms with Crippen LogP contribution in [0.1, 0.15) is 26.0 Å². The number of para-hydroxylation sites is 1. The molecule has 0 aliphatic heterocycles. The maximum absolute atomic E-state index is 13.0. The minimum atomic E-state index is -0.597. The van der Waals surface area contributed by atoms with Crippen molar-refractivity contribution in [3.8, 4) is 11.3 Å². The van der Waals surface area contributed by atoms with Gasteiger partial charge in [0.15, 0.2) is 0 Å². The summed E-state index contributed by atoms with van der Waals surface area (Å²) in [7, 11) is 1.77. The lowest BCUT2D eigenvalue weighted by Gasteiger charge is -2.27. The molecular weight excluding hydrogens is 402 g/mol. The zero-order valence-corrected chi connectivity index (χ0v) is 18.8. The van der Waals surface area contributed by atoms with Crippen molar-refractivity contribution in [2.24, 2.45) is 5.92 Å². The molecule has 1 atom stereocenters. The molecule has 32 heavy (non-hydrogen) atoms. The molecule has 0 bridgehead atoms. The van der Waals surface area contributed by atoms with Crippen LogP contribution in [0.15, 0.2) is 66.7 Å². The lowest BCUT2D eigenvalue weighted by atomic mass is 10.0. The number of nitrogens with one attached hydrogen (secondary N) is 3. The van der Waals surface area contributed by atoms with Gasteiger partial charge in [0.25, 0.3) is 0 Å². The van der Waals surface area contributed by atoms with Gasteiger partial charge in [-0.3, -0.25) is 9.89 Å². The summed E-state index contributed by atoms with van der Waals surface area (Å²) in [5, 5.41) is 13.0. The average molecular weight is 434 g/mol. The van der Waals surface area contributed by atoms with Crippen molar-refractivity contribution in [3.63, 3.8) is 0 Å². The number of likely N-dealkylation sites (N-methyl/N-ethyl adjacent to an activating group) is 1. The molecule has 3 aromatic rings. The number of hydrogen-bond acceptors (Lipinski definition) is 3. The van der Waals surface area contributed by atoms with E-state index in [0.717, 1.165) is 29.8 Å². The number of amides is 3. The van der Waals surface area contributed by atoms with Crippen molar-refractivity contribution in [1.29, 1.82) is 0 Å². The minimum Gasteiger partial charge on any atom is -0.344 e. The number of rotatable bonds is 9. The van der Waals surface area contributed by atoms with Gasteiger partial charge < -0.3 is 15.5 Å². The molecule has 168 valence electrons. The number of carbonyl (C=O) groups excluding carboxylic acids is 2. The summed E-state index contributed by atoms with van der Waals surface area (Å²) >= 11 is 0. The Kier molecular flexibility index (Phi) is 8.02. The highest BCUT2D eigenvalue weighted by Crippen LogP contribution is 2.17. The van der Waals surface area contributed by atoms with Crippen LogP contribution in [0.25, 0.3) is 11.3 Å². The summed E-state index contributed by atoms with van der Waals surface area (Å²) in [4.78, 5) is 27.0. The Morgan fingerprint density at radius 1 is 1.03 bits per heavy atom. The summed E-state index contributed by atoms with van der Waals surface area (Å²) in [6.45, 7) is 4.44. The molecule has 0 aliphatic carbocycles. The molecule has 0 spiro atoms. The topological polar surface area (TPSA) is 90.1 Å². The predicted molar refractivity (Wildman–Crippen MR) is 127 cm³/mol. The molecule has 0 saturated heterocycles. The lowest BCUT2D eigenvalue weighted by Crippen LogP contribution is -2.51. The van der Waals surface area contributed by atoms with Crippen LogP contribution in [0.3, 0.4) is 0 Å². The average Bonchev–Trinajstić information content (AvgIpc) is 3.27. The molecule has 1 aromatic heterocycles. The van der Waals surface area contributed by atoms with Gasteiger partial charge in [-0.15, -0.1) is 0 Å². The zero-order chi connectivity index (χ0) is 22.9. The first-order valence-corrected chi connectivity index (χ1v) is 10.9. The molecule has 0 saturated carbocycles. The number of aryl methyl sites for hydroxylation is 1. The highest BCUT2D eigenvalue weighted by atomic mass is 16.2. The third-order valence-electron chi connectivity index (χ3n) is 5.27. The number of hydrogen-bond donors (Lipinski definition) is 3. The first-order chi connectivity index (χ1) is 15.4. The maximum Gasteiger partial charge on any atom is 0.319 e. The van der Waals surface area contributed by atoms with Crippen molar-refractivity contribution < 1.29 is 9.59 Å². The van der Waals surface area contributed by atoms with Crippen LogP contribution in [0.5, 0.6) is 0 Å². The number of nitrogens with zero attached hydrogens (tertiary/aromatic N) is 2. The molecule has 0 fully saturated rings. The van der Waals surface area contributed by atoms with Crippen molar-refractivity contribution in [2.45, 2.75) is 32.7 Å². The fourth-order valence-corrected chi connectivity index (χ4v) is 3.44. The van der Waals surface area contributed by atoms with Gasteiger partial charge in [0.05, 0.1) is 5.69 Å². The molecule has 3 N–H and O–H groups in total. The minimum absolute atomic E-state index is 0.0347. The van der Waals surface area contributed by atoms with Gasteiger partial charge in [-0.1, -0.05) is 62.4 Å². The fraction of sp³-hybridized carbons (Fsp3) is 0.320. The van der Waals surface area contributed by atoms with E-state index in [1.165, 1.54) is 0 Å². The van der Waals surface area contributed by atoms with E-state index in [-0.39, 0.29) is 17.9 Å². The Bertz CT molecular complexity index is 1000. The molecule has 7 heteroatoms. The number of anilines is 1. The van der Waals surface area contributed by atoms with Crippen molar-refractivity contribution in [1.82, 2.24) is 20.4 Å². The van der Waals surface area contributed by atoms with Crippen LogP contribution in [-0.4, -0.2) is 46.7 Å². The first kappa shape index (κ1) is 23.1. The van der Waals surface area contributed by atoms with E-state index in [2.05, 4.69) is 20.8 Å². The summed E-state index contributed by atoms with van der Waals surface area (Å²) in [5.74, 6) is -0.134. The van der Waals surface area contributed by atoms with Crippen molar-refractivity contribution in [3.05, 3.63) is 72.4 Å². The van der Waals surface area contributed by atoms with E-state index in [1.807, 2.05) is 68.4 Å². The van der Waals surface area contributed by atoms with E-state index in [0.29, 0.717) is 12.2 Å². The predicted octanol–water partition coefficient (Wildman–Crippen LogP) is 4.31. The monoisotopic (exact) mass is 433 g/mol. The number of aromatic amines is 1. The number of urea groups is 1. The Labute approximate surface area is 189 Å². The van der Waals surface area contributed by atoms with Gasteiger partial charge in [0.1, 0.15) is 6.04 Å². The van der Waals surface area contributed by atoms with Gasteiger partial charge in [0, 0.05) is 30.5 Å². The van der Waals surface area contributed by atoms with Crippen LogP contribution in [0.4, 0.5) is 10.5 Å². The molecule has 0 aliphatic rings. The van der Waals surface area contributed by atoms with Crippen LogP contribution in [0, 0.1) is 5.92 Å². The van der Waals surface area contributed by atoms with Crippen LogP contribution >= 0.6 is 0 Å². The molecular formula is C25H31N5O2. The summed E-state index contributed by atoms with van der Waals surface area (Å²) in [5.41, 5.74) is 3.70. The Hall–Kier alpha value is -3.61. The highest BCUT2D eigenvalue weighted by molar-refractivity contribution is 5.93. The lowest BCUT2D eigenvalue weighted by molar-refractivity contribution is -0.132. The summed E-state index contributed by atoms with van der Waals surface area (Å²) in [6.07, 6.45) is 1.57. The van der Waals surface area contributed by atoms with E-state index >= 15 is 0 Å². The van der Waals surface area contributed by atoms with Gasteiger partial charge in [0.2, 0.25) is 5.91 Å². The zero-order valence-electron chi connectivity index (χ0n) is 18.8. The molecule has 1 heterocycles. The summed E-state index contributed by atoms with van der Waals surface area (Å²) < 4.78 is 0. The SMILES string of the molecule is CC(C)C(NC(=O)Nc1ccccc1)C(=O)N(C)CCCc1cc(-c2ccccc2)n[nH]1. The van der Waals surface area contributed by atoms with Gasteiger partial charge in [-0.05, 0) is 37.0 Å². The fourth-order valence-electron chi connectivity index (χ4n) is 3.44. The highest BCUT2D eigenvalue weighted by Gasteiger charge is 2.26. The van der Waals surface area contributed by atoms with Gasteiger partial charge >= 0.3 is 6.03 Å². The first-order valence-electron chi connectivity index (χ1n) is 10.9. The second-order valence-corrected chi connectivity index (χ2v) is 8.19. The molecule has 1 unspecified atom stereocenters. The summed E-state index contributed by atoms with van der Waals surface area (Å²) in [6, 6.07) is 20.2. The normalized spacial score (nSPS) is 11.8. The van der Waals surface area contributed by atoms with E-state index < -0.39 is 6.04 Å². The number of benzene rings is 2. The molecule has 7 nitrogen and oxygen atoms in total. The van der Waals surface area contributed by atoms with Gasteiger partial charge in [-0.25, -0.2) is 4.79 Å². The van der Waals surface area contributed by atoms with Crippen molar-refractivity contribution >= 4 is 17.6 Å². The Morgan fingerprint density at radius 3 is 2.34 bits per heavy atom. The third kappa shape index (κ3) is 6.44. The largest absolute Gasteiger partial charge is 0.344 e. The van der Waals surface area contributed by atoms with Crippen molar-refractivity contribution in [2.75, 3.05) is 18.9 Å². The van der Waals surface area contributed by atoms with E-state index in [9.17, 15) is 9.59 Å². The Morgan fingerprint density at radius 2 is 1.69 bits per heavy atom. The standard InChI is InChI=1S/C25H31N5O2/c1-18(2)23(27-25(32)26-20-13-8-5-9-14-20)24(31)30(3)16-10-15-21-17-22(29-28-21)19-11-6-4-7-12-19/h4-9,11-14,17-18,23H,10,15-16H2,1-3H3,(H,28,29)(H2,26,27,32). The molecule has 3 rings (SSSR count). The third-order valence-corrected chi connectivity index (χ3v) is 5.27. The quantitative estimate of drug-likeness (QED) is 0.470. The van der Waals surface area contributed by atoms with Crippen LogP contribution in [0.2, 0.25) is 0 Å². The second kappa shape index (κ2) is 11.1. The number of aromatic nitrogens is 2. The number of H-pyrrole nitrogens is 1. The number of carbonyl (C=O) groups is 2. The second-order valence-electron chi connectivity index (χ2n) is 8.19. The molecule has 2 aromatic carbocycles. The van der Waals surface area contributed by atoms with Gasteiger partial charge in [-0.2, -0.15) is 5.10 Å². The maximum atomic E-state index is 13.0.